The Labute approximate surface area is 259 Å². The lowest BCUT2D eigenvalue weighted by Crippen LogP contribution is -2.31. The number of aromatic nitrogens is 4. The van der Waals surface area contributed by atoms with Crippen molar-refractivity contribution in [1.82, 2.24) is 19.7 Å². The number of hydrogen-bond donors (Lipinski definition) is 1. The van der Waals surface area contributed by atoms with Crippen molar-refractivity contribution >= 4 is 46.0 Å². The van der Waals surface area contributed by atoms with E-state index >= 15 is 0 Å². The fourth-order valence-corrected chi connectivity index (χ4v) is 5.37. The average Bonchev–Trinajstić information content (AvgIpc) is 3.63. The first-order chi connectivity index (χ1) is 21.3. The van der Waals surface area contributed by atoms with E-state index in [0.29, 0.717) is 17.4 Å². The number of amidine groups is 1. The van der Waals surface area contributed by atoms with Crippen LogP contribution in [-0.2, 0) is 15.7 Å². The number of ether oxygens (including phenoxy) is 1. The van der Waals surface area contributed by atoms with E-state index in [1.807, 2.05) is 32.0 Å². The van der Waals surface area contributed by atoms with Gasteiger partial charge in [0.2, 0.25) is 5.91 Å². The molecule has 0 bridgehead atoms. The average molecular weight is 638 g/mol. The van der Waals surface area contributed by atoms with Crippen molar-refractivity contribution in [2.45, 2.75) is 33.1 Å². The number of hydrogen-bond acceptors (Lipinski definition) is 8. The van der Waals surface area contributed by atoms with Crippen LogP contribution in [0, 0.1) is 6.92 Å². The molecule has 0 radical (unpaired) electrons. The minimum atomic E-state index is -4.52. The number of alkyl halides is 3. The maximum absolute atomic E-state index is 13.1. The highest BCUT2D eigenvalue weighted by Crippen LogP contribution is 2.35. The number of nitrogens with one attached hydrogen (secondary N) is 1. The van der Waals surface area contributed by atoms with Gasteiger partial charge >= 0.3 is 12.2 Å². The maximum Gasteiger partial charge on any atom is 0.417 e. The van der Waals surface area contributed by atoms with Crippen molar-refractivity contribution in [1.29, 1.82) is 0 Å². The van der Waals surface area contributed by atoms with Crippen LogP contribution in [0.4, 0.5) is 29.3 Å². The van der Waals surface area contributed by atoms with Gasteiger partial charge in [-0.15, -0.1) is 5.10 Å². The van der Waals surface area contributed by atoms with Gasteiger partial charge in [0.15, 0.2) is 22.6 Å². The number of methoxy groups -OCH3 is 1. The summed E-state index contributed by atoms with van der Waals surface area (Å²) in [7, 11) is 1.56. The summed E-state index contributed by atoms with van der Waals surface area (Å²) in [5, 5.41) is 7.07. The monoisotopic (exact) mass is 637 g/mol. The maximum atomic E-state index is 13.1. The number of urea groups is 1. The van der Waals surface area contributed by atoms with Gasteiger partial charge in [0, 0.05) is 30.0 Å². The lowest BCUT2D eigenvalue weighted by atomic mass is 10.0. The van der Waals surface area contributed by atoms with E-state index < -0.39 is 17.8 Å². The molecule has 45 heavy (non-hydrogen) atoms. The van der Waals surface area contributed by atoms with Gasteiger partial charge in [0.25, 0.3) is 0 Å². The summed E-state index contributed by atoms with van der Waals surface area (Å²) in [5.74, 6) is -0.227. The lowest BCUT2D eigenvalue weighted by molar-refractivity contribution is -0.137. The van der Waals surface area contributed by atoms with Crippen LogP contribution in [0.25, 0.3) is 17.2 Å². The second-order valence-corrected chi connectivity index (χ2v) is 11.0. The number of aliphatic imine (C=N–C) groups is 1. The van der Waals surface area contributed by atoms with Gasteiger partial charge in [-0.1, -0.05) is 23.9 Å². The molecule has 1 atom stereocenters. The molecular weight excluding hydrogens is 611 g/mol. The van der Waals surface area contributed by atoms with E-state index in [1.54, 1.807) is 13.2 Å². The highest BCUT2D eigenvalue weighted by molar-refractivity contribution is 8.15. The normalized spacial score (nSPS) is 15.0. The Hall–Kier alpha value is -4.89. The number of nitrogens with zero attached hydrogens (tertiary/aromatic N) is 6. The van der Waals surface area contributed by atoms with Crippen LogP contribution in [0.2, 0.25) is 0 Å². The summed E-state index contributed by atoms with van der Waals surface area (Å²) in [6.07, 6.45) is -2.86. The molecule has 11 nitrogen and oxygen atoms in total. The number of amides is 3. The number of Topliss-reactive ketones (excluding diaryl/α,β-unsaturated/α-hetero) is 1. The second kappa shape index (κ2) is 12.6. The number of thioether (sulfide) groups is 1. The fourth-order valence-electron chi connectivity index (χ4n) is 4.51. The molecule has 1 aliphatic heterocycles. The molecule has 4 aromatic rings. The van der Waals surface area contributed by atoms with Crippen LogP contribution < -0.4 is 10.2 Å². The molecule has 1 unspecified atom stereocenters. The summed E-state index contributed by atoms with van der Waals surface area (Å²) in [6, 6.07) is 11.4. The Balaban J connectivity index is 1.39. The molecule has 15 heteroatoms. The topological polar surface area (TPSA) is 132 Å². The zero-order valence-corrected chi connectivity index (χ0v) is 25.2. The quantitative estimate of drug-likeness (QED) is 0.236. The van der Waals surface area contributed by atoms with Gasteiger partial charge in [-0.05, 0) is 62.7 Å². The van der Waals surface area contributed by atoms with Crippen LogP contribution in [-0.4, -0.2) is 55.5 Å². The van der Waals surface area contributed by atoms with Crippen molar-refractivity contribution < 1.29 is 32.3 Å². The van der Waals surface area contributed by atoms with Crippen molar-refractivity contribution in [3.63, 3.8) is 0 Å². The van der Waals surface area contributed by atoms with Crippen LogP contribution in [0.15, 0.2) is 66.0 Å². The minimum Gasteiger partial charge on any atom is -0.377 e. The Morgan fingerprint density at radius 3 is 2.56 bits per heavy atom. The summed E-state index contributed by atoms with van der Waals surface area (Å²) < 4.78 is 45.3. The molecule has 232 valence electrons. The largest absolute Gasteiger partial charge is 0.417 e. The molecule has 2 aromatic carbocycles. The molecule has 1 fully saturated rings. The third kappa shape index (κ3) is 6.78. The fraction of sp³-hybridized carbons (Fsp3) is 0.233. The van der Waals surface area contributed by atoms with E-state index in [-0.39, 0.29) is 51.6 Å². The standard InChI is InChI=1S/C30H26F3N7O4S/c1-16-5-8-21(18(3)44-4)24(11-16)40-26(42)14-45-29(40)37-28(43)36-23-9-6-19(12-22(23)17(2)41)27-35-15-39(38-27)25-10-7-20(13-34-25)30(31,32)33/h5-13,15,18H,14H2,1-4H3,(H,36,43). The number of carbonyl (C=O) groups excluding carboxylic acids is 3. The summed E-state index contributed by atoms with van der Waals surface area (Å²) in [6.45, 7) is 5.06. The van der Waals surface area contributed by atoms with Crippen LogP contribution in [0.1, 0.15) is 47.0 Å². The Morgan fingerprint density at radius 1 is 1.11 bits per heavy atom. The number of benzene rings is 2. The van der Waals surface area contributed by atoms with Crippen molar-refractivity contribution in [3.8, 4) is 17.2 Å². The Morgan fingerprint density at radius 2 is 1.89 bits per heavy atom. The zero-order chi connectivity index (χ0) is 32.5. The number of pyridine rings is 1. The number of carbonyl (C=O) groups is 3. The molecule has 3 amide bonds. The van der Waals surface area contributed by atoms with Crippen LogP contribution >= 0.6 is 11.8 Å². The van der Waals surface area contributed by atoms with Crippen molar-refractivity contribution in [3.05, 3.63) is 83.3 Å². The Kier molecular flexibility index (Phi) is 8.84. The van der Waals surface area contributed by atoms with E-state index in [0.717, 1.165) is 35.0 Å². The van der Waals surface area contributed by atoms with E-state index in [2.05, 4.69) is 25.4 Å². The SMILES string of the molecule is COC(C)c1ccc(C)cc1N1C(=O)CSC1=NC(=O)Nc1ccc(-c2ncn(-c3ccc(C(F)(F)F)cn3)n2)cc1C(C)=O. The number of rotatable bonds is 7. The highest BCUT2D eigenvalue weighted by atomic mass is 32.2. The van der Waals surface area contributed by atoms with E-state index in [1.165, 1.54) is 35.0 Å². The third-order valence-electron chi connectivity index (χ3n) is 6.88. The number of ketones is 1. The molecule has 3 heterocycles. The lowest BCUT2D eigenvalue weighted by Gasteiger charge is -2.23. The molecule has 0 saturated carbocycles. The molecule has 1 saturated heterocycles. The number of anilines is 2. The van der Waals surface area contributed by atoms with Crippen molar-refractivity contribution in [2.75, 3.05) is 23.1 Å². The summed E-state index contributed by atoms with van der Waals surface area (Å²) in [5.41, 5.74) is 2.07. The number of aryl methyl sites for hydroxylation is 1. The molecule has 1 aliphatic rings. The van der Waals surface area contributed by atoms with Crippen molar-refractivity contribution in [2.24, 2.45) is 4.99 Å². The van der Waals surface area contributed by atoms with Gasteiger partial charge in [-0.25, -0.2) is 19.4 Å². The van der Waals surface area contributed by atoms with Crippen LogP contribution in [0.5, 0.6) is 0 Å². The number of halogens is 3. The molecule has 5 rings (SSSR count). The van der Waals surface area contributed by atoms with Gasteiger partial charge < -0.3 is 10.1 Å². The zero-order valence-electron chi connectivity index (χ0n) is 24.4. The predicted octanol–water partition coefficient (Wildman–Crippen LogP) is 6.23. The second-order valence-electron chi connectivity index (χ2n) is 10.0. The molecule has 1 N–H and O–H groups in total. The third-order valence-corrected chi connectivity index (χ3v) is 7.80. The van der Waals surface area contributed by atoms with E-state index in [4.69, 9.17) is 4.74 Å². The smallest absolute Gasteiger partial charge is 0.377 e. The van der Waals surface area contributed by atoms with Gasteiger partial charge in [0.1, 0.15) is 6.33 Å². The molecule has 2 aromatic heterocycles. The molecular formula is C30H26F3N7O4S. The van der Waals surface area contributed by atoms with Gasteiger partial charge in [0.05, 0.1) is 28.8 Å². The Bertz CT molecular complexity index is 1820. The van der Waals surface area contributed by atoms with Gasteiger partial charge in [-0.3, -0.25) is 14.5 Å². The minimum absolute atomic E-state index is 0.0931. The first-order valence-corrected chi connectivity index (χ1v) is 14.4. The van der Waals surface area contributed by atoms with Gasteiger partial charge in [-0.2, -0.15) is 18.2 Å². The summed E-state index contributed by atoms with van der Waals surface area (Å²) in [4.78, 5) is 52.1. The highest BCUT2D eigenvalue weighted by Gasteiger charge is 2.33. The summed E-state index contributed by atoms with van der Waals surface area (Å²) >= 11 is 1.12. The molecule has 0 spiro atoms. The van der Waals surface area contributed by atoms with E-state index in [9.17, 15) is 27.6 Å². The first kappa shape index (κ1) is 31.5. The first-order valence-electron chi connectivity index (χ1n) is 13.4. The van der Waals surface area contributed by atoms with Crippen LogP contribution in [0.3, 0.4) is 0 Å². The molecule has 0 aliphatic carbocycles. The predicted molar refractivity (Wildman–Crippen MR) is 163 cm³/mol.